The van der Waals surface area contributed by atoms with E-state index >= 15 is 0 Å². The normalized spacial score (nSPS) is 11.5. The lowest BCUT2D eigenvalue weighted by atomic mass is 9.81. The number of nitrogens with one attached hydrogen (secondary N) is 1. The number of rotatable bonds is 9. The molecular weight excluding hydrogens is 334 g/mol. The van der Waals surface area contributed by atoms with Crippen molar-refractivity contribution in [2.24, 2.45) is 0 Å². The molecule has 5 heteroatoms. The molecule has 0 amide bonds. The minimum absolute atomic E-state index is 0.0262. The number of halogens is 1. The van der Waals surface area contributed by atoms with Gasteiger partial charge in [0.15, 0.2) is 11.5 Å². The average Bonchev–Trinajstić information content (AvgIpc) is 2.46. The van der Waals surface area contributed by atoms with E-state index in [-0.39, 0.29) is 5.41 Å². The zero-order valence-electron chi connectivity index (χ0n) is 13.6. The van der Waals surface area contributed by atoms with Crippen LogP contribution in [0.1, 0.15) is 25.8 Å². The molecule has 0 heterocycles. The van der Waals surface area contributed by atoms with Crippen LogP contribution in [0, 0.1) is 0 Å². The minimum Gasteiger partial charge on any atom is -0.493 e. The summed E-state index contributed by atoms with van der Waals surface area (Å²) >= 11 is 3.64. The van der Waals surface area contributed by atoms with E-state index < -0.39 is 0 Å². The summed E-state index contributed by atoms with van der Waals surface area (Å²) in [4.78, 5) is 0. The molecule has 4 nitrogen and oxygen atoms in total. The van der Waals surface area contributed by atoms with Crippen molar-refractivity contribution in [2.45, 2.75) is 25.7 Å². The van der Waals surface area contributed by atoms with Crippen molar-refractivity contribution in [2.75, 3.05) is 41.0 Å². The molecular formula is C16H26BrNO3. The van der Waals surface area contributed by atoms with Gasteiger partial charge in [-0.2, -0.15) is 0 Å². The third-order valence-corrected chi connectivity index (χ3v) is 4.27. The monoisotopic (exact) mass is 359 g/mol. The second-order valence-corrected chi connectivity index (χ2v) is 6.42. The lowest BCUT2D eigenvalue weighted by molar-refractivity contribution is 0.198. The number of ether oxygens (including phenoxy) is 3. The van der Waals surface area contributed by atoms with E-state index in [1.807, 2.05) is 6.07 Å². The van der Waals surface area contributed by atoms with Crippen molar-refractivity contribution < 1.29 is 14.2 Å². The fourth-order valence-corrected chi connectivity index (χ4v) is 3.07. The van der Waals surface area contributed by atoms with E-state index in [1.165, 1.54) is 5.56 Å². The van der Waals surface area contributed by atoms with Crippen LogP contribution in [0.5, 0.6) is 11.5 Å². The van der Waals surface area contributed by atoms with Crippen LogP contribution < -0.4 is 14.8 Å². The predicted octanol–water partition coefficient (Wildman–Crippen LogP) is 3.37. The Morgan fingerprint density at radius 1 is 1.05 bits per heavy atom. The van der Waals surface area contributed by atoms with Gasteiger partial charge >= 0.3 is 0 Å². The summed E-state index contributed by atoms with van der Waals surface area (Å²) in [5.74, 6) is 1.50. The van der Waals surface area contributed by atoms with Gasteiger partial charge in [0.25, 0.3) is 0 Å². The van der Waals surface area contributed by atoms with Gasteiger partial charge in [0.05, 0.1) is 20.8 Å². The van der Waals surface area contributed by atoms with Crippen LogP contribution in [0.25, 0.3) is 0 Å². The maximum absolute atomic E-state index is 5.41. The molecule has 1 N–H and O–H groups in total. The Hall–Kier alpha value is -0.780. The first-order chi connectivity index (χ1) is 9.96. The van der Waals surface area contributed by atoms with Gasteiger partial charge in [0.1, 0.15) is 0 Å². The third kappa shape index (κ3) is 5.16. The van der Waals surface area contributed by atoms with E-state index in [0.717, 1.165) is 42.1 Å². The molecule has 0 spiro atoms. The summed E-state index contributed by atoms with van der Waals surface area (Å²) in [5.41, 5.74) is 1.24. The molecule has 0 saturated carbocycles. The molecule has 1 aromatic rings. The van der Waals surface area contributed by atoms with Gasteiger partial charge < -0.3 is 19.5 Å². The molecule has 120 valence electrons. The molecule has 1 rings (SSSR count). The standard InChI is InChI=1S/C16H26BrNO3/c1-16(2,6-7-18-8-9-19-3)12-10-14(20-4)15(21-5)11-13(12)17/h10-11,18H,6-9H2,1-5H3. The van der Waals surface area contributed by atoms with E-state index in [4.69, 9.17) is 14.2 Å². The number of hydrogen-bond donors (Lipinski definition) is 1. The first-order valence-electron chi connectivity index (χ1n) is 7.08. The molecule has 21 heavy (non-hydrogen) atoms. The molecule has 0 aliphatic rings. The van der Waals surface area contributed by atoms with Gasteiger partial charge in [-0.3, -0.25) is 0 Å². The van der Waals surface area contributed by atoms with E-state index in [1.54, 1.807) is 21.3 Å². The quantitative estimate of drug-likeness (QED) is 0.686. The van der Waals surface area contributed by atoms with Gasteiger partial charge in [0, 0.05) is 18.1 Å². The second kappa shape index (κ2) is 8.61. The maximum Gasteiger partial charge on any atom is 0.161 e. The fraction of sp³-hybridized carbons (Fsp3) is 0.625. The van der Waals surface area contributed by atoms with Gasteiger partial charge in [-0.25, -0.2) is 0 Å². The van der Waals surface area contributed by atoms with Gasteiger partial charge in [-0.1, -0.05) is 29.8 Å². The molecule has 0 unspecified atom stereocenters. The Morgan fingerprint density at radius 3 is 2.24 bits per heavy atom. The van der Waals surface area contributed by atoms with Gasteiger partial charge in [-0.05, 0) is 36.1 Å². The molecule has 0 radical (unpaired) electrons. The highest BCUT2D eigenvalue weighted by atomic mass is 79.9. The highest BCUT2D eigenvalue weighted by molar-refractivity contribution is 9.10. The van der Waals surface area contributed by atoms with Crippen LogP contribution in [-0.2, 0) is 10.2 Å². The van der Waals surface area contributed by atoms with Crippen molar-refractivity contribution in [3.05, 3.63) is 22.2 Å². The van der Waals surface area contributed by atoms with Crippen molar-refractivity contribution in [3.8, 4) is 11.5 Å². The van der Waals surface area contributed by atoms with Crippen LogP contribution in [0.15, 0.2) is 16.6 Å². The summed E-state index contributed by atoms with van der Waals surface area (Å²) in [6.45, 7) is 7.02. The van der Waals surface area contributed by atoms with Gasteiger partial charge in [0.2, 0.25) is 0 Å². The summed E-state index contributed by atoms with van der Waals surface area (Å²) < 4.78 is 16.8. The largest absolute Gasteiger partial charge is 0.493 e. The number of hydrogen-bond acceptors (Lipinski definition) is 4. The van der Waals surface area contributed by atoms with Crippen molar-refractivity contribution in [3.63, 3.8) is 0 Å². The minimum atomic E-state index is 0.0262. The molecule has 0 aliphatic heterocycles. The second-order valence-electron chi connectivity index (χ2n) is 5.56. The predicted molar refractivity (Wildman–Crippen MR) is 89.6 cm³/mol. The molecule has 0 fully saturated rings. The lowest BCUT2D eigenvalue weighted by Crippen LogP contribution is -2.27. The topological polar surface area (TPSA) is 39.7 Å². The molecule has 0 aromatic heterocycles. The highest BCUT2D eigenvalue weighted by Gasteiger charge is 2.24. The Balaban J connectivity index is 2.81. The first-order valence-corrected chi connectivity index (χ1v) is 7.87. The van der Waals surface area contributed by atoms with E-state index in [2.05, 4.69) is 41.2 Å². The van der Waals surface area contributed by atoms with E-state index in [9.17, 15) is 0 Å². The van der Waals surface area contributed by atoms with Crippen LogP contribution in [0.4, 0.5) is 0 Å². The fourth-order valence-electron chi connectivity index (χ4n) is 2.21. The average molecular weight is 360 g/mol. The summed E-state index contributed by atoms with van der Waals surface area (Å²) in [7, 11) is 5.02. The van der Waals surface area contributed by atoms with Crippen LogP contribution in [0.3, 0.4) is 0 Å². The number of benzene rings is 1. The first kappa shape index (κ1) is 18.3. The van der Waals surface area contributed by atoms with Crippen molar-refractivity contribution in [1.82, 2.24) is 5.32 Å². The Labute approximate surface area is 136 Å². The lowest BCUT2D eigenvalue weighted by Gasteiger charge is -2.27. The molecule has 0 atom stereocenters. The summed E-state index contributed by atoms with van der Waals surface area (Å²) in [5, 5.41) is 3.39. The Kier molecular flexibility index (Phi) is 7.49. The molecule has 0 aliphatic carbocycles. The zero-order chi connectivity index (χ0) is 15.9. The van der Waals surface area contributed by atoms with Crippen molar-refractivity contribution in [1.29, 1.82) is 0 Å². The van der Waals surface area contributed by atoms with E-state index in [0.29, 0.717) is 0 Å². The molecule has 0 bridgehead atoms. The van der Waals surface area contributed by atoms with Gasteiger partial charge in [-0.15, -0.1) is 0 Å². The van der Waals surface area contributed by atoms with Crippen molar-refractivity contribution >= 4 is 15.9 Å². The Bertz CT molecular complexity index is 449. The molecule has 0 saturated heterocycles. The van der Waals surface area contributed by atoms with Crippen LogP contribution in [0.2, 0.25) is 0 Å². The molecule has 1 aromatic carbocycles. The van der Waals surface area contributed by atoms with Crippen LogP contribution in [-0.4, -0.2) is 41.0 Å². The highest BCUT2D eigenvalue weighted by Crippen LogP contribution is 2.40. The smallest absolute Gasteiger partial charge is 0.161 e. The maximum atomic E-state index is 5.41. The summed E-state index contributed by atoms with van der Waals surface area (Å²) in [6.07, 6.45) is 1.02. The van der Waals surface area contributed by atoms with Crippen LogP contribution >= 0.6 is 15.9 Å². The SMILES string of the molecule is COCCNCCC(C)(C)c1cc(OC)c(OC)cc1Br. The zero-order valence-corrected chi connectivity index (χ0v) is 15.2. The third-order valence-electron chi connectivity index (χ3n) is 3.61. The Morgan fingerprint density at radius 2 is 1.67 bits per heavy atom. The summed E-state index contributed by atoms with van der Waals surface area (Å²) in [6, 6.07) is 4.02. The number of methoxy groups -OCH3 is 3.